The average Bonchev–Trinajstić information content (AvgIpc) is 3.06. The van der Waals surface area contributed by atoms with E-state index in [1.54, 1.807) is 66.7 Å². The van der Waals surface area contributed by atoms with Gasteiger partial charge >= 0.3 is 17.8 Å². The van der Waals surface area contributed by atoms with Gasteiger partial charge in [-0.1, -0.05) is 12.1 Å². The van der Waals surface area contributed by atoms with Crippen LogP contribution in [0.1, 0.15) is 33.2 Å². The Morgan fingerprint density at radius 3 is 2.16 bits per heavy atom. The highest BCUT2D eigenvalue weighted by Gasteiger charge is 2.18. The quantitative estimate of drug-likeness (QED) is 0.0729. The van der Waals surface area contributed by atoms with E-state index in [2.05, 4.69) is 21.2 Å². The fraction of sp³-hybridized carbons (Fsp3) is 0.121. The van der Waals surface area contributed by atoms with Crippen LogP contribution in [0.2, 0.25) is 0 Å². The Morgan fingerprint density at radius 1 is 0.756 bits per heavy atom. The first-order chi connectivity index (χ1) is 21.8. The number of carbonyl (C=O) groups excluding carboxylic acids is 4. The molecule has 0 radical (unpaired) electrons. The minimum absolute atomic E-state index is 0.134. The monoisotopic (exact) mass is 610 g/mol. The maximum atomic E-state index is 12.9. The first-order valence-corrected chi connectivity index (χ1v) is 13.6. The zero-order valence-electron chi connectivity index (χ0n) is 24.7. The molecule has 0 aliphatic heterocycles. The lowest BCUT2D eigenvalue weighted by Gasteiger charge is -2.11. The summed E-state index contributed by atoms with van der Waals surface area (Å²) >= 11 is 0. The summed E-state index contributed by atoms with van der Waals surface area (Å²) in [6, 6.07) is 24.1. The van der Waals surface area contributed by atoms with Gasteiger partial charge < -0.3 is 29.6 Å². The van der Waals surface area contributed by atoms with Crippen molar-refractivity contribution in [2.45, 2.75) is 6.92 Å². The number of carbonyl (C=O) groups is 4. The van der Waals surface area contributed by atoms with Crippen molar-refractivity contribution in [3.05, 3.63) is 108 Å². The Morgan fingerprint density at radius 2 is 1.47 bits per heavy atom. The highest BCUT2D eigenvalue weighted by atomic mass is 16.6. The molecule has 4 rings (SSSR count). The third-order valence-electron chi connectivity index (χ3n) is 6.15. The number of esters is 1. The largest absolute Gasteiger partial charge is 0.497 e. The second-order valence-corrected chi connectivity index (χ2v) is 9.14. The Bertz CT molecular complexity index is 1700. The second-order valence-electron chi connectivity index (χ2n) is 9.14. The minimum atomic E-state index is -1.06. The Hall–Kier alpha value is -6.17. The van der Waals surface area contributed by atoms with Crippen LogP contribution in [0.5, 0.6) is 23.0 Å². The van der Waals surface area contributed by atoms with Crippen LogP contribution in [-0.4, -0.2) is 50.7 Å². The molecule has 0 spiro atoms. The molecule has 0 fully saturated rings. The molecule has 0 atom stereocenters. The molecule has 12 nitrogen and oxygen atoms in total. The molecular formula is C33H30N4O8. The lowest BCUT2D eigenvalue weighted by atomic mass is 10.1. The van der Waals surface area contributed by atoms with Crippen LogP contribution < -0.4 is 35.0 Å². The van der Waals surface area contributed by atoms with E-state index in [1.165, 1.54) is 44.7 Å². The number of nitrogens with zero attached hydrogens (tertiary/aromatic N) is 1. The molecule has 230 valence electrons. The molecule has 12 heteroatoms. The number of methoxy groups -OCH3 is 2. The van der Waals surface area contributed by atoms with E-state index < -0.39 is 23.7 Å². The smallest absolute Gasteiger partial charge is 0.343 e. The van der Waals surface area contributed by atoms with Gasteiger partial charge in [-0.05, 0) is 91.3 Å². The van der Waals surface area contributed by atoms with E-state index in [-0.39, 0.29) is 22.7 Å². The Kier molecular flexibility index (Phi) is 10.8. The lowest BCUT2D eigenvalue weighted by molar-refractivity contribution is -0.136. The van der Waals surface area contributed by atoms with Crippen LogP contribution in [0.15, 0.2) is 96.1 Å². The number of hydrogen-bond donors (Lipinski definition) is 3. The molecule has 4 aromatic rings. The van der Waals surface area contributed by atoms with E-state index in [0.29, 0.717) is 34.9 Å². The molecule has 0 saturated carbocycles. The molecule has 0 unspecified atom stereocenters. The number of hydrogen-bond acceptors (Lipinski definition) is 9. The molecule has 45 heavy (non-hydrogen) atoms. The maximum Gasteiger partial charge on any atom is 0.343 e. The summed E-state index contributed by atoms with van der Waals surface area (Å²) in [5, 5.41) is 9.00. The average molecular weight is 611 g/mol. The van der Waals surface area contributed by atoms with E-state index in [9.17, 15) is 19.2 Å². The molecule has 0 heterocycles. The Balaban J connectivity index is 1.34. The van der Waals surface area contributed by atoms with E-state index in [4.69, 9.17) is 18.9 Å². The summed E-state index contributed by atoms with van der Waals surface area (Å²) in [6.45, 7) is 2.39. The SMILES string of the molecule is CCOc1ccc(NC(=O)c2ccccc2NC(=O)C(=O)N/N=C\c2ccc(OC(=O)c3ccc(OC)cc3)c(OC)c2)cc1. The van der Waals surface area contributed by atoms with Crippen LogP contribution >= 0.6 is 0 Å². The summed E-state index contributed by atoms with van der Waals surface area (Å²) in [7, 11) is 2.93. The molecule has 0 aliphatic carbocycles. The number of amides is 3. The van der Waals surface area contributed by atoms with Crippen molar-refractivity contribution < 1.29 is 38.1 Å². The topological polar surface area (TPSA) is 154 Å². The van der Waals surface area contributed by atoms with Crippen LogP contribution in [0, 0.1) is 0 Å². The molecule has 0 aliphatic rings. The maximum absolute atomic E-state index is 12.9. The number of anilines is 2. The van der Waals surface area contributed by atoms with E-state index in [0.717, 1.165) is 0 Å². The lowest BCUT2D eigenvalue weighted by Crippen LogP contribution is -2.33. The molecule has 0 saturated heterocycles. The molecule has 3 N–H and O–H groups in total. The van der Waals surface area contributed by atoms with Gasteiger partial charge in [0.1, 0.15) is 11.5 Å². The fourth-order valence-electron chi connectivity index (χ4n) is 3.92. The molecule has 3 amide bonds. The van der Waals surface area contributed by atoms with Crippen molar-refractivity contribution in [2.75, 3.05) is 31.5 Å². The number of ether oxygens (including phenoxy) is 4. The van der Waals surface area contributed by atoms with Gasteiger partial charge in [0.25, 0.3) is 5.91 Å². The first-order valence-electron chi connectivity index (χ1n) is 13.6. The molecule has 4 aromatic carbocycles. The van der Waals surface area contributed by atoms with Gasteiger partial charge in [-0.2, -0.15) is 5.10 Å². The molecule has 0 bridgehead atoms. The summed E-state index contributed by atoms with van der Waals surface area (Å²) in [5.74, 6) is -1.50. The molecule has 0 aromatic heterocycles. The number of para-hydroxylation sites is 1. The van der Waals surface area contributed by atoms with Crippen molar-refractivity contribution in [1.82, 2.24) is 5.43 Å². The number of rotatable bonds is 11. The zero-order chi connectivity index (χ0) is 32.2. The highest BCUT2D eigenvalue weighted by Crippen LogP contribution is 2.28. The van der Waals surface area contributed by atoms with Gasteiger partial charge in [0.05, 0.1) is 43.9 Å². The van der Waals surface area contributed by atoms with Gasteiger partial charge in [-0.15, -0.1) is 0 Å². The standard InChI is InChI=1S/C33H30N4O8/c1-4-44-25-16-12-23(13-17-25)35-30(38)26-7-5-6-8-27(26)36-31(39)32(40)37-34-20-21-9-18-28(29(19-21)43-3)45-33(41)22-10-14-24(42-2)15-11-22/h5-20H,4H2,1-3H3,(H,35,38)(H,36,39)(H,37,40)/b34-20-. The van der Waals surface area contributed by atoms with Crippen LogP contribution in [0.3, 0.4) is 0 Å². The first kappa shape index (κ1) is 31.8. The number of benzene rings is 4. The van der Waals surface area contributed by atoms with Crippen LogP contribution in [0.4, 0.5) is 11.4 Å². The summed E-state index contributed by atoms with van der Waals surface area (Å²) in [4.78, 5) is 50.4. The summed E-state index contributed by atoms with van der Waals surface area (Å²) in [5.41, 5.74) is 3.75. The van der Waals surface area contributed by atoms with Crippen molar-refractivity contribution in [3.63, 3.8) is 0 Å². The predicted octanol–water partition coefficient (Wildman–Crippen LogP) is 4.66. The number of hydrazone groups is 1. The normalized spacial score (nSPS) is 10.5. The fourth-order valence-corrected chi connectivity index (χ4v) is 3.92. The minimum Gasteiger partial charge on any atom is -0.497 e. The predicted molar refractivity (Wildman–Crippen MR) is 167 cm³/mol. The van der Waals surface area contributed by atoms with Gasteiger partial charge in [-0.3, -0.25) is 14.4 Å². The van der Waals surface area contributed by atoms with Crippen molar-refractivity contribution >= 4 is 41.3 Å². The van der Waals surface area contributed by atoms with Gasteiger partial charge in [0, 0.05) is 5.69 Å². The highest BCUT2D eigenvalue weighted by molar-refractivity contribution is 6.40. The van der Waals surface area contributed by atoms with Crippen molar-refractivity contribution in [1.29, 1.82) is 0 Å². The van der Waals surface area contributed by atoms with E-state index in [1.807, 2.05) is 6.92 Å². The summed E-state index contributed by atoms with van der Waals surface area (Å²) in [6.07, 6.45) is 1.28. The van der Waals surface area contributed by atoms with Gasteiger partial charge in [0.15, 0.2) is 11.5 Å². The van der Waals surface area contributed by atoms with Gasteiger partial charge in [0.2, 0.25) is 0 Å². The van der Waals surface area contributed by atoms with Crippen molar-refractivity contribution in [3.8, 4) is 23.0 Å². The number of nitrogens with one attached hydrogen (secondary N) is 3. The van der Waals surface area contributed by atoms with E-state index >= 15 is 0 Å². The van der Waals surface area contributed by atoms with Crippen molar-refractivity contribution in [2.24, 2.45) is 5.10 Å². The van der Waals surface area contributed by atoms with Gasteiger partial charge in [-0.25, -0.2) is 10.2 Å². The second kappa shape index (κ2) is 15.3. The third kappa shape index (κ3) is 8.67. The zero-order valence-corrected chi connectivity index (χ0v) is 24.7. The Labute approximate surface area is 259 Å². The van der Waals surface area contributed by atoms with Crippen LogP contribution in [0.25, 0.3) is 0 Å². The van der Waals surface area contributed by atoms with Crippen LogP contribution in [-0.2, 0) is 9.59 Å². The molecular weight excluding hydrogens is 580 g/mol. The summed E-state index contributed by atoms with van der Waals surface area (Å²) < 4.78 is 21.3. The third-order valence-corrected chi connectivity index (χ3v) is 6.15.